The van der Waals surface area contributed by atoms with Crippen LogP contribution in [0.3, 0.4) is 0 Å². The smallest absolute Gasteiger partial charge is 0.0745 e. The fraction of sp³-hybridized carbons (Fsp3) is 1.00. The second-order valence-electron chi connectivity index (χ2n) is 6.90. The van der Waals surface area contributed by atoms with Gasteiger partial charge in [-0.3, -0.25) is 0 Å². The highest BCUT2D eigenvalue weighted by Gasteiger charge is 2.52. The van der Waals surface area contributed by atoms with Crippen molar-refractivity contribution in [2.75, 3.05) is 13.2 Å². The van der Waals surface area contributed by atoms with Crippen LogP contribution in [0.1, 0.15) is 64.7 Å². The van der Waals surface area contributed by atoms with Gasteiger partial charge < -0.3 is 9.57 Å². The molecule has 0 amide bonds. The first kappa shape index (κ1) is 13.8. The Morgan fingerprint density at radius 3 is 2.37 bits per heavy atom. The summed E-state index contributed by atoms with van der Waals surface area (Å²) in [7, 11) is 0. The molecule has 0 aromatic rings. The number of fused-ring (bicyclic) bond motifs is 1. The van der Waals surface area contributed by atoms with Crippen LogP contribution in [0.4, 0.5) is 0 Å². The van der Waals surface area contributed by atoms with E-state index in [-0.39, 0.29) is 5.54 Å². The van der Waals surface area contributed by atoms with Crippen molar-refractivity contribution >= 4 is 0 Å². The van der Waals surface area contributed by atoms with Crippen LogP contribution in [0, 0.1) is 11.8 Å². The van der Waals surface area contributed by atoms with Crippen molar-refractivity contribution in [1.82, 2.24) is 5.48 Å². The van der Waals surface area contributed by atoms with Crippen LogP contribution in [0.2, 0.25) is 0 Å². The molecule has 3 atom stereocenters. The first-order chi connectivity index (χ1) is 9.31. The van der Waals surface area contributed by atoms with Crippen LogP contribution in [0.15, 0.2) is 0 Å². The van der Waals surface area contributed by atoms with Crippen LogP contribution in [-0.4, -0.2) is 24.9 Å². The molecule has 1 N–H and O–H groups in total. The van der Waals surface area contributed by atoms with E-state index in [4.69, 9.17) is 9.57 Å². The average molecular weight is 267 g/mol. The fourth-order valence-corrected chi connectivity index (χ4v) is 4.37. The molecule has 0 unspecified atom stereocenters. The molecule has 3 heteroatoms. The summed E-state index contributed by atoms with van der Waals surface area (Å²) in [5.41, 5.74) is 3.53. The Hall–Kier alpha value is -0.120. The molecule has 1 aliphatic carbocycles. The minimum atomic E-state index is 0.122. The number of hydrogen-bond acceptors (Lipinski definition) is 3. The summed E-state index contributed by atoms with van der Waals surface area (Å²) < 4.78 is 6.01. The second kappa shape index (κ2) is 6.11. The number of hydrogen-bond donors (Lipinski definition) is 1. The van der Waals surface area contributed by atoms with E-state index in [1.165, 1.54) is 51.4 Å². The Morgan fingerprint density at radius 2 is 1.63 bits per heavy atom. The quantitative estimate of drug-likeness (QED) is 0.789. The van der Waals surface area contributed by atoms with Gasteiger partial charge in [-0.2, -0.15) is 5.48 Å². The van der Waals surface area contributed by atoms with Crippen LogP contribution < -0.4 is 5.48 Å². The molecule has 3 fully saturated rings. The van der Waals surface area contributed by atoms with Crippen molar-refractivity contribution in [3.05, 3.63) is 0 Å². The molecule has 2 heterocycles. The number of ether oxygens (including phenoxy) is 1. The molecule has 2 saturated heterocycles. The Labute approximate surface area is 117 Å². The van der Waals surface area contributed by atoms with Gasteiger partial charge in [0.2, 0.25) is 0 Å². The van der Waals surface area contributed by atoms with Gasteiger partial charge in [-0.1, -0.05) is 38.5 Å². The molecular formula is C16H29NO2. The maximum Gasteiger partial charge on any atom is 0.0745 e. The van der Waals surface area contributed by atoms with E-state index in [1.807, 2.05) is 0 Å². The number of nitrogens with one attached hydrogen (secondary N) is 1. The summed E-state index contributed by atoms with van der Waals surface area (Å²) in [6.07, 6.45) is 12.7. The average Bonchev–Trinajstić information content (AvgIpc) is 2.86. The lowest BCUT2D eigenvalue weighted by Crippen LogP contribution is -2.58. The Morgan fingerprint density at radius 1 is 0.947 bits per heavy atom. The van der Waals surface area contributed by atoms with Gasteiger partial charge in [0, 0.05) is 5.92 Å². The lowest BCUT2D eigenvalue weighted by atomic mass is 9.69. The van der Waals surface area contributed by atoms with Gasteiger partial charge in [0.15, 0.2) is 0 Å². The summed E-state index contributed by atoms with van der Waals surface area (Å²) in [5, 5.41) is 0. The van der Waals surface area contributed by atoms with Gasteiger partial charge in [-0.25, -0.2) is 0 Å². The molecule has 3 aliphatic rings. The fourth-order valence-electron chi connectivity index (χ4n) is 4.37. The van der Waals surface area contributed by atoms with Gasteiger partial charge in [-0.05, 0) is 32.1 Å². The van der Waals surface area contributed by atoms with E-state index in [0.29, 0.717) is 12.0 Å². The van der Waals surface area contributed by atoms with Crippen molar-refractivity contribution in [2.24, 2.45) is 11.8 Å². The van der Waals surface area contributed by atoms with E-state index >= 15 is 0 Å². The largest absolute Gasteiger partial charge is 0.376 e. The van der Waals surface area contributed by atoms with Crippen LogP contribution in [-0.2, 0) is 9.57 Å². The lowest BCUT2D eigenvalue weighted by molar-refractivity contribution is -0.0844. The molecule has 0 radical (unpaired) electrons. The monoisotopic (exact) mass is 267 g/mol. The SMILES string of the molecule is C[C@H]1C[C@H]2CON[C@@]2(C2CCCCCCCC2)CO1. The molecule has 0 aromatic carbocycles. The molecule has 0 bridgehead atoms. The van der Waals surface area contributed by atoms with E-state index in [2.05, 4.69) is 12.4 Å². The third kappa shape index (κ3) is 2.84. The van der Waals surface area contributed by atoms with Crippen LogP contribution in [0.5, 0.6) is 0 Å². The van der Waals surface area contributed by atoms with Crippen LogP contribution >= 0.6 is 0 Å². The van der Waals surface area contributed by atoms with Crippen molar-refractivity contribution < 1.29 is 9.57 Å². The predicted octanol–water partition coefficient (Wildman–Crippen LogP) is 3.44. The molecule has 3 rings (SSSR count). The van der Waals surface area contributed by atoms with E-state index in [0.717, 1.165) is 25.6 Å². The molecule has 0 spiro atoms. The van der Waals surface area contributed by atoms with E-state index < -0.39 is 0 Å². The molecule has 19 heavy (non-hydrogen) atoms. The molecule has 3 nitrogen and oxygen atoms in total. The highest BCUT2D eigenvalue weighted by molar-refractivity contribution is 5.03. The summed E-state index contributed by atoms with van der Waals surface area (Å²) in [6, 6.07) is 0. The Balaban J connectivity index is 1.73. The normalized spacial score (nSPS) is 42.2. The minimum absolute atomic E-state index is 0.122. The van der Waals surface area contributed by atoms with Gasteiger partial charge in [-0.15, -0.1) is 0 Å². The van der Waals surface area contributed by atoms with Gasteiger partial charge >= 0.3 is 0 Å². The topological polar surface area (TPSA) is 30.5 Å². The first-order valence-corrected chi connectivity index (χ1v) is 8.32. The highest BCUT2D eigenvalue weighted by Crippen LogP contribution is 2.43. The predicted molar refractivity (Wildman–Crippen MR) is 75.8 cm³/mol. The standard InChI is InChI=1S/C16H29NO2/c1-13-10-15-11-19-17-16(15,12-18-13)14-8-6-4-2-3-5-7-9-14/h13-15,17H,2-12H2,1H3/t13-,15-,16+/m0/s1. The first-order valence-electron chi connectivity index (χ1n) is 8.32. The lowest BCUT2D eigenvalue weighted by Gasteiger charge is -2.45. The summed E-state index contributed by atoms with van der Waals surface area (Å²) in [4.78, 5) is 5.67. The van der Waals surface area contributed by atoms with E-state index in [9.17, 15) is 0 Å². The minimum Gasteiger partial charge on any atom is -0.376 e. The zero-order valence-corrected chi connectivity index (χ0v) is 12.3. The zero-order chi connectivity index (χ0) is 13.1. The summed E-state index contributed by atoms with van der Waals surface area (Å²) in [6.45, 7) is 3.93. The third-order valence-corrected chi connectivity index (χ3v) is 5.58. The molecular weight excluding hydrogens is 238 g/mol. The van der Waals surface area contributed by atoms with Crippen molar-refractivity contribution in [3.63, 3.8) is 0 Å². The maximum absolute atomic E-state index is 6.01. The van der Waals surface area contributed by atoms with Crippen molar-refractivity contribution in [3.8, 4) is 0 Å². The third-order valence-electron chi connectivity index (χ3n) is 5.58. The molecule has 1 saturated carbocycles. The number of hydroxylamine groups is 1. The van der Waals surface area contributed by atoms with Crippen molar-refractivity contribution in [2.45, 2.75) is 76.4 Å². The second-order valence-corrected chi connectivity index (χ2v) is 6.90. The maximum atomic E-state index is 6.01. The van der Waals surface area contributed by atoms with Gasteiger partial charge in [0.1, 0.15) is 0 Å². The molecule has 110 valence electrons. The number of rotatable bonds is 1. The zero-order valence-electron chi connectivity index (χ0n) is 12.3. The molecule has 0 aromatic heterocycles. The van der Waals surface area contributed by atoms with Gasteiger partial charge in [0.05, 0.1) is 24.9 Å². The summed E-state index contributed by atoms with van der Waals surface area (Å²) in [5.74, 6) is 1.40. The highest BCUT2D eigenvalue weighted by atomic mass is 16.7. The molecule has 2 aliphatic heterocycles. The van der Waals surface area contributed by atoms with Gasteiger partial charge in [0.25, 0.3) is 0 Å². The Bertz CT molecular complexity index is 286. The Kier molecular flexibility index (Phi) is 4.45. The van der Waals surface area contributed by atoms with Crippen LogP contribution in [0.25, 0.3) is 0 Å². The van der Waals surface area contributed by atoms with E-state index in [1.54, 1.807) is 0 Å². The van der Waals surface area contributed by atoms with Crippen molar-refractivity contribution in [1.29, 1.82) is 0 Å². The summed E-state index contributed by atoms with van der Waals surface area (Å²) >= 11 is 0.